The topological polar surface area (TPSA) is 77.1 Å². The quantitative estimate of drug-likeness (QED) is 0.773. The number of amides is 2. The number of carbonyl (C=O) groups is 2. The summed E-state index contributed by atoms with van der Waals surface area (Å²) in [5, 5.41) is 2.86. The van der Waals surface area contributed by atoms with Crippen LogP contribution in [0.1, 0.15) is 26.2 Å². The molecule has 1 aliphatic heterocycles. The lowest BCUT2D eigenvalue weighted by atomic mass is 10.2. The third-order valence-corrected chi connectivity index (χ3v) is 4.17. The SMILES string of the molecule is COc1ccc(OC)c(N(CCC(=O)NCC2CCCO2)C(C)=O)c1. The van der Waals surface area contributed by atoms with Crippen molar-refractivity contribution in [2.45, 2.75) is 32.3 Å². The zero-order chi connectivity index (χ0) is 18.2. The Balaban J connectivity index is 1.98. The molecule has 1 fully saturated rings. The Morgan fingerprint density at radius 1 is 1.32 bits per heavy atom. The van der Waals surface area contributed by atoms with E-state index >= 15 is 0 Å². The molecule has 0 bridgehead atoms. The molecule has 7 heteroatoms. The number of ether oxygens (including phenoxy) is 3. The van der Waals surface area contributed by atoms with Crippen LogP contribution in [-0.2, 0) is 14.3 Å². The number of hydrogen-bond donors (Lipinski definition) is 1. The number of anilines is 1. The van der Waals surface area contributed by atoms with Crippen molar-refractivity contribution in [3.8, 4) is 11.5 Å². The number of methoxy groups -OCH3 is 2. The fourth-order valence-electron chi connectivity index (χ4n) is 2.79. The highest BCUT2D eigenvalue weighted by molar-refractivity contribution is 5.94. The number of nitrogens with one attached hydrogen (secondary N) is 1. The predicted molar refractivity (Wildman–Crippen MR) is 94.2 cm³/mol. The van der Waals surface area contributed by atoms with E-state index in [1.54, 1.807) is 25.3 Å². The first kappa shape index (κ1) is 19.1. The van der Waals surface area contributed by atoms with Gasteiger partial charge in [0.2, 0.25) is 11.8 Å². The summed E-state index contributed by atoms with van der Waals surface area (Å²) < 4.78 is 16.0. The van der Waals surface area contributed by atoms with Gasteiger partial charge in [-0.2, -0.15) is 0 Å². The molecule has 1 aliphatic rings. The molecule has 138 valence electrons. The van der Waals surface area contributed by atoms with Gasteiger partial charge in [-0.25, -0.2) is 0 Å². The second-order valence-corrected chi connectivity index (χ2v) is 5.90. The van der Waals surface area contributed by atoms with Crippen LogP contribution in [0.15, 0.2) is 18.2 Å². The highest BCUT2D eigenvalue weighted by Gasteiger charge is 2.20. The fourth-order valence-corrected chi connectivity index (χ4v) is 2.79. The second-order valence-electron chi connectivity index (χ2n) is 5.90. The van der Waals surface area contributed by atoms with Crippen molar-refractivity contribution < 1.29 is 23.8 Å². The van der Waals surface area contributed by atoms with E-state index in [9.17, 15) is 9.59 Å². The van der Waals surface area contributed by atoms with E-state index < -0.39 is 0 Å². The van der Waals surface area contributed by atoms with E-state index in [-0.39, 0.29) is 30.9 Å². The monoisotopic (exact) mass is 350 g/mol. The Labute approximate surface area is 148 Å². The zero-order valence-electron chi connectivity index (χ0n) is 15.0. The molecule has 1 heterocycles. The molecular weight excluding hydrogens is 324 g/mol. The molecule has 1 aromatic rings. The maximum atomic E-state index is 12.1. The minimum Gasteiger partial charge on any atom is -0.497 e. The van der Waals surface area contributed by atoms with Gasteiger partial charge in [0.05, 0.1) is 26.0 Å². The van der Waals surface area contributed by atoms with Crippen LogP contribution in [0.4, 0.5) is 5.69 Å². The standard InChI is InChI=1S/C18H26N2O5/c1-13(21)20(16-11-14(23-2)6-7-17(16)24-3)9-8-18(22)19-12-15-5-4-10-25-15/h6-7,11,15H,4-5,8-10,12H2,1-3H3,(H,19,22). The lowest BCUT2D eigenvalue weighted by Gasteiger charge is -2.23. The van der Waals surface area contributed by atoms with Crippen LogP contribution in [0.5, 0.6) is 11.5 Å². The normalized spacial score (nSPS) is 16.4. The molecule has 1 unspecified atom stereocenters. The Kier molecular flexibility index (Phi) is 7.06. The van der Waals surface area contributed by atoms with Crippen LogP contribution in [0.25, 0.3) is 0 Å². The lowest BCUT2D eigenvalue weighted by Crippen LogP contribution is -2.36. The summed E-state index contributed by atoms with van der Waals surface area (Å²) in [6.07, 6.45) is 2.31. The summed E-state index contributed by atoms with van der Waals surface area (Å²) in [4.78, 5) is 25.7. The van der Waals surface area contributed by atoms with Gasteiger partial charge < -0.3 is 24.4 Å². The Bertz CT molecular complexity index is 599. The van der Waals surface area contributed by atoms with E-state index in [0.29, 0.717) is 23.7 Å². The Hall–Kier alpha value is -2.28. The molecule has 7 nitrogen and oxygen atoms in total. The summed E-state index contributed by atoms with van der Waals surface area (Å²) in [7, 11) is 3.10. The van der Waals surface area contributed by atoms with Crippen molar-refractivity contribution in [1.82, 2.24) is 5.32 Å². The largest absolute Gasteiger partial charge is 0.497 e. The van der Waals surface area contributed by atoms with Gasteiger partial charge in [0.1, 0.15) is 11.5 Å². The minimum absolute atomic E-state index is 0.103. The molecule has 1 N–H and O–H groups in total. The van der Waals surface area contributed by atoms with Crippen LogP contribution < -0.4 is 19.7 Å². The molecule has 0 radical (unpaired) electrons. The van der Waals surface area contributed by atoms with Crippen molar-refractivity contribution in [2.75, 3.05) is 38.8 Å². The predicted octanol–water partition coefficient (Wildman–Crippen LogP) is 1.74. The number of benzene rings is 1. The minimum atomic E-state index is -0.168. The van der Waals surface area contributed by atoms with Gasteiger partial charge in [-0.3, -0.25) is 9.59 Å². The smallest absolute Gasteiger partial charge is 0.223 e. The first-order chi connectivity index (χ1) is 12.0. The first-order valence-electron chi connectivity index (χ1n) is 8.43. The number of hydrogen-bond acceptors (Lipinski definition) is 5. The van der Waals surface area contributed by atoms with Crippen molar-refractivity contribution in [2.24, 2.45) is 0 Å². The maximum absolute atomic E-state index is 12.1. The third-order valence-electron chi connectivity index (χ3n) is 4.17. The summed E-state index contributed by atoms with van der Waals surface area (Å²) in [5.41, 5.74) is 0.585. The summed E-state index contributed by atoms with van der Waals surface area (Å²) in [6, 6.07) is 5.22. The Morgan fingerprint density at radius 2 is 2.12 bits per heavy atom. The molecule has 0 spiro atoms. The van der Waals surface area contributed by atoms with Gasteiger partial charge in [-0.15, -0.1) is 0 Å². The second kappa shape index (κ2) is 9.27. The summed E-state index contributed by atoms with van der Waals surface area (Å²) in [6.45, 7) is 3.00. The molecule has 0 aromatic heterocycles. The van der Waals surface area contributed by atoms with Crippen molar-refractivity contribution in [3.05, 3.63) is 18.2 Å². The van der Waals surface area contributed by atoms with Gasteiger partial charge in [-0.05, 0) is 25.0 Å². The highest BCUT2D eigenvalue weighted by Crippen LogP contribution is 2.32. The van der Waals surface area contributed by atoms with E-state index in [1.807, 2.05) is 0 Å². The number of carbonyl (C=O) groups excluding carboxylic acids is 2. The van der Waals surface area contributed by atoms with Crippen LogP contribution in [0.2, 0.25) is 0 Å². The summed E-state index contributed by atoms with van der Waals surface area (Å²) in [5.74, 6) is 0.891. The number of rotatable bonds is 8. The van der Waals surface area contributed by atoms with E-state index in [2.05, 4.69) is 5.32 Å². The van der Waals surface area contributed by atoms with E-state index in [1.165, 1.54) is 18.9 Å². The van der Waals surface area contributed by atoms with Gasteiger partial charge in [0, 0.05) is 39.1 Å². The molecular formula is C18H26N2O5. The Morgan fingerprint density at radius 3 is 2.72 bits per heavy atom. The molecule has 0 aliphatic carbocycles. The third kappa shape index (κ3) is 5.35. The van der Waals surface area contributed by atoms with Gasteiger partial charge in [0.15, 0.2) is 0 Å². The van der Waals surface area contributed by atoms with Gasteiger partial charge in [0.25, 0.3) is 0 Å². The van der Waals surface area contributed by atoms with Crippen LogP contribution >= 0.6 is 0 Å². The van der Waals surface area contributed by atoms with Crippen molar-refractivity contribution in [1.29, 1.82) is 0 Å². The molecule has 2 rings (SSSR count). The van der Waals surface area contributed by atoms with Gasteiger partial charge in [-0.1, -0.05) is 0 Å². The number of nitrogens with zero attached hydrogens (tertiary/aromatic N) is 1. The maximum Gasteiger partial charge on any atom is 0.223 e. The average molecular weight is 350 g/mol. The van der Waals surface area contributed by atoms with Crippen molar-refractivity contribution in [3.63, 3.8) is 0 Å². The van der Waals surface area contributed by atoms with Crippen molar-refractivity contribution >= 4 is 17.5 Å². The van der Waals surface area contributed by atoms with Gasteiger partial charge >= 0.3 is 0 Å². The van der Waals surface area contributed by atoms with Crippen LogP contribution in [0.3, 0.4) is 0 Å². The van der Waals surface area contributed by atoms with E-state index in [0.717, 1.165) is 19.4 Å². The zero-order valence-corrected chi connectivity index (χ0v) is 15.0. The molecule has 0 saturated carbocycles. The van der Waals surface area contributed by atoms with Crippen LogP contribution in [0, 0.1) is 0 Å². The molecule has 1 saturated heterocycles. The van der Waals surface area contributed by atoms with E-state index in [4.69, 9.17) is 14.2 Å². The molecule has 1 aromatic carbocycles. The first-order valence-corrected chi connectivity index (χ1v) is 8.43. The van der Waals surface area contributed by atoms with Crippen LogP contribution in [-0.4, -0.2) is 51.8 Å². The fraction of sp³-hybridized carbons (Fsp3) is 0.556. The molecule has 1 atom stereocenters. The lowest BCUT2D eigenvalue weighted by molar-refractivity contribution is -0.121. The molecule has 25 heavy (non-hydrogen) atoms. The molecule has 2 amide bonds. The average Bonchev–Trinajstić information content (AvgIpc) is 3.13. The summed E-state index contributed by atoms with van der Waals surface area (Å²) >= 11 is 0. The highest BCUT2D eigenvalue weighted by atomic mass is 16.5.